The minimum absolute atomic E-state index is 0.0997. The van der Waals surface area contributed by atoms with Gasteiger partial charge in [0.2, 0.25) is 5.88 Å². The Labute approximate surface area is 230 Å². The highest BCUT2D eigenvalue weighted by Crippen LogP contribution is 2.50. The van der Waals surface area contributed by atoms with E-state index < -0.39 is 17.4 Å². The van der Waals surface area contributed by atoms with Crippen molar-refractivity contribution in [3.63, 3.8) is 0 Å². The lowest BCUT2D eigenvalue weighted by atomic mass is 9.83. The maximum absolute atomic E-state index is 15.6. The van der Waals surface area contributed by atoms with Gasteiger partial charge in [0, 0.05) is 16.1 Å². The predicted molar refractivity (Wildman–Crippen MR) is 149 cm³/mol. The van der Waals surface area contributed by atoms with Crippen LogP contribution in [0, 0.1) is 5.82 Å². The monoisotopic (exact) mass is 546 g/mol. The SMILES string of the molecule is O=c1oc2ccccc2c2c1C(c1c(F)cccc1Cl)c1c(ncn3nc(-c4ccc5ccccc5c4)nc13)O2. The molecule has 7 nitrogen and oxygen atoms in total. The first-order valence-electron chi connectivity index (χ1n) is 12.5. The number of hydrogen-bond acceptors (Lipinski definition) is 6. The van der Waals surface area contributed by atoms with Gasteiger partial charge in [-0.3, -0.25) is 0 Å². The van der Waals surface area contributed by atoms with Gasteiger partial charge in [-0.05, 0) is 41.1 Å². The number of ether oxygens (including phenoxy) is 1. The molecule has 0 fully saturated rings. The van der Waals surface area contributed by atoms with Gasteiger partial charge >= 0.3 is 5.63 Å². The first kappa shape index (κ1) is 22.9. The second kappa shape index (κ2) is 8.46. The van der Waals surface area contributed by atoms with Crippen molar-refractivity contribution < 1.29 is 13.5 Å². The molecule has 0 saturated heterocycles. The van der Waals surface area contributed by atoms with Gasteiger partial charge < -0.3 is 9.15 Å². The second-order valence-electron chi connectivity index (χ2n) is 9.53. The molecule has 8 rings (SSSR count). The van der Waals surface area contributed by atoms with E-state index >= 15 is 4.39 Å². The van der Waals surface area contributed by atoms with E-state index in [-0.39, 0.29) is 27.8 Å². The number of aromatic nitrogens is 4. The molecular weight excluding hydrogens is 531 g/mol. The molecule has 4 heterocycles. The molecule has 0 amide bonds. The molecular formula is C31H16ClFN4O3. The van der Waals surface area contributed by atoms with Gasteiger partial charge in [0.1, 0.15) is 17.7 Å². The lowest BCUT2D eigenvalue weighted by Crippen LogP contribution is -2.23. The van der Waals surface area contributed by atoms with E-state index in [0.717, 1.165) is 16.3 Å². The molecule has 0 N–H and O–H groups in total. The largest absolute Gasteiger partial charge is 0.437 e. The molecule has 1 unspecified atom stereocenters. The highest BCUT2D eigenvalue weighted by molar-refractivity contribution is 6.31. The van der Waals surface area contributed by atoms with E-state index in [4.69, 9.17) is 25.7 Å². The smallest absolute Gasteiger partial charge is 0.344 e. The Morgan fingerprint density at radius 1 is 0.875 bits per heavy atom. The molecule has 4 aromatic carbocycles. The lowest BCUT2D eigenvalue weighted by Gasteiger charge is -2.28. The van der Waals surface area contributed by atoms with Crippen molar-refractivity contribution in [3.05, 3.63) is 129 Å². The van der Waals surface area contributed by atoms with Crippen LogP contribution < -0.4 is 10.4 Å². The van der Waals surface area contributed by atoms with Crippen LogP contribution in [0.3, 0.4) is 0 Å². The average Bonchev–Trinajstić information content (AvgIpc) is 3.41. The van der Waals surface area contributed by atoms with Gasteiger partial charge in [-0.1, -0.05) is 66.2 Å². The molecule has 3 aromatic heterocycles. The molecule has 9 heteroatoms. The van der Waals surface area contributed by atoms with Crippen molar-refractivity contribution in [1.29, 1.82) is 0 Å². The zero-order valence-corrected chi connectivity index (χ0v) is 21.3. The van der Waals surface area contributed by atoms with Crippen LogP contribution in [0.25, 0.3) is 38.8 Å². The van der Waals surface area contributed by atoms with Gasteiger partial charge in [-0.15, -0.1) is 5.10 Å². The van der Waals surface area contributed by atoms with Crippen molar-refractivity contribution >= 4 is 39.0 Å². The van der Waals surface area contributed by atoms with Crippen LogP contribution >= 0.6 is 11.6 Å². The first-order chi connectivity index (χ1) is 19.6. The quantitative estimate of drug-likeness (QED) is 0.214. The lowest BCUT2D eigenvalue weighted by molar-refractivity contribution is 0.420. The van der Waals surface area contributed by atoms with Crippen molar-refractivity contribution in [2.24, 2.45) is 0 Å². The van der Waals surface area contributed by atoms with E-state index in [1.807, 2.05) is 42.5 Å². The van der Waals surface area contributed by atoms with Gasteiger partial charge in [0.05, 0.1) is 22.4 Å². The average molecular weight is 547 g/mol. The fourth-order valence-corrected chi connectivity index (χ4v) is 5.73. The summed E-state index contributed by atoms with van der Waals surface area (Å²) in [6, 6.07) is 25.3. The second-order valence-corrected chi connectivity index (χ2v) is 9.94. The Hall–Kier alpha value is -5.08. The molecule has 7 aromatic rings. The van der Waals surface area contributed by atoms with Crippen molar-refractivity contribution in [1.82, 2.24) is 19.6 Å². The van der Waals surface area contributed by atoms with Gasteiger partial charge in [-0.25, -0.2) is 23.7 Å². The number of para-hydroxylation sites is 1. The summed E-state index contributed by atoms with van der Waals surface area (Å²) in [7, 11) is 0. The van der Waals surface area contributed by atoms with Crippen molar-refractivity contribution in [3.8, 4) is 23.0 Å². The molecule has 0 spiro atoms. The molecule has 1 aliphatic heterocycles. The standard InChI is InChI=1S/C31H16ClFN4O3/c32-20-9-5-10-21(33)23(20)24-25-27(19-8-3-4-11-22(19)39-31(25)38)40-30-26(24)29-35-28(36-37(29)15-34-30)18-13-12-16-6-1-2-7-17(16)14-18/h1-15,24H. The zero-order chi connectivity index (χ0) is 27.0. The van der Waals surface area contributed by atoms with Crippen molar-refractivity contribution in [2.45, 2.75) is 5.92 Å². The Morgan fingerprint density at radius 3 is 2.58 bits per heavy atom. The Morgan fingerprint density at radius 2 is 1.70 bits per heavy atom. The number of fused-ring (bicyclic) bond motifs is 7. The molecule has 0 aliphatic carbocycles. The Balaban J connectivity index is 1.43. The third-order valence-corrected chi connectivity index (χ3v) is 7.59. The summed E-state index contributed by atoms with van der Waals surface area (Å²) in [5.41, 5.74) is 1.40. The summed E-state index contributed by atoms with van der Waals surface area (Å²) >= 11 is 6.60. The fraction of sp³-hybridized carbons (Fsp3) is 0.0323. The third kappa shape index (κ3) is 3.29. The molecule has 192 valence electrons. The van der Waals surface area contributed by atoms with E-state index in [0.29, 0.717) is 28.0 Å². The zero-order valence-electron chi connectivity index (χ0n) is 20.5. The maximum Gasteiger partial charge on any atom is 0.344 e. The molecule has 0 radical (unpaired) electrons. The number of halogens is 2. The van der Waals surface area contributed by atoms with Gasteiger partial charge in [-0.2, -0.15) is 0 Å². The van der Waals surface area contributed by atoms with Crippen LogP contribution in [0.4, 0.5) is 4.39 Å². The summed E-state index contributed by atoms with van der Waals surface area (Å²) < 4.78 is 29.0. The number of benzene rings is 4. The number of hydrogen-bond donors (Lipinski definition) is 0. The van der Waals surface area contributed by atoms with Gasteiger partial charge in [0.15, 0.2) is 17.2 Å². The highest BCUT2D eigenvalue weighted by Gasteiger charge is 2.39. The van der Waals surface area contributed by atoms with Crippen LogP contribution in [-0.4, -0.2) is 19.6 Å². The molecule has 0 saturated carbocycles. The van der Waals surface area contributed by atoms with E-state index in [2.05, 4.69) is 10.1 Å². The van der Waals surface area contributed by atoms with E-state index in [9.17, 15) is 4.79 Å². The van der Waals surface area contributed by atoms with Crippen molar-refractivity contribution in [2.75, 3.05) is 0 Å². The Kier molecular flexibility index (Phi) is 4.84. The molecule has 1 atom stereocenters. The third-order valence-electron chi connectivity index (χ3n) is 7.26. The van der Waals surface area contributed by atoms with Crippen LogP contribution in [0.2, 0.25) is 5.02 Å². The minimum Gasteiger partial charge on any atom is -0.437 e. The summed E-state index contributed by atoms with van der Waals surface area (Å²) in [6.07, 6.45) is 1.49. The topological polar surface area (TPSA) is 82.5 Å². The summed E-state index contributed by atoms with van der Waals surface area (Å²) in [5.74, 6) is -0.735. The fourth-order valence-electron chi connectivity index (χ4n) is 5.46. The Bertz CT molecular complexity index is 2210. The minimum atomic E-state index is -1.02. The number of nitrogens with zero attached hydrogens (tertiary/aromatic N) is 4. The molecule has 1 aliphatic rings. The summed E-state index contributed by atoms with van der Waals surface area (Å²) in [6.45, 7) is 0. The van der Waals surface area contributed by atoms with Gasteiger partial charge in [0.25, 0.3) is 0 Å². The summed E-state index contributed by atoms with van der Waals surface area (Å²) in [5, 5.41) is 7.49. The predicted octanol–water partition coefficient (Wildman–Crippen LogP) is 7.13. The number of rotatable bonds is 2. The molecule has 40 heavy (non-hydrogen) atoms. The molecule has 0 bridgehead atoms. The van der Waals surface area contributed by atoms with Crippen LogP contribution in [0.5, 0.6) is 11.6 Å². The van der Waals surface area contributed by atoms with E-state index in [1.54, 1.807) is 30.3 Å². The normalized spacial score (nSPS) is 14.3. The van der Waals surface area contributed by atoms with Crippen LogP contribution in [-0.2, 0) is 0 Å². The first-order valence-corrected chi connectivity index (χ1v) is 12.9. The van der Waals surface area contributed by atoms with E-state index in [1.165, 1.54) is 23.0 Å². The summed E-state index contributed by atoms with van der Waals surface area (Å²) in [4.78, 5) is 22.9. The van der Waals surface area contributed by atoms with Crippen LogP contribution in [0.15, 0.2) is 100 Å². The highest BCUT2D eigenvalue weighted by atomic mass is 35.5. The van der Waals surface area contributed by atoms with Crippen LogP contribution in [0.1, 0.15) is 22.6 Å². The maximum atomic E-state index is 15.6.